The molecule has 0 saturated carbocycles. The van der Waals surface area contributed by atoms with E-state index in [2.05, 4.69) is 20.0 Å². The van der Waals surface area contributed by atoms with Crippen molar-refractivity contribution in [2.24, 2.45) is 0 Å². The molecular weight excluding hydrogens is 300 g/mol. The SMILES string of the molecule is Cc1nccn1CCCCNC(=O)CCn1cc([N+](=O)[O-])cn1. The summed E-state index contributed by atoms with van der Waals surface area (Å²) in [6.07, 6.45) is 8.31. The molecule has 9 heteroatoms. The van der Waals surface area contributed by atoms with Crippen LogP contribution < -0.4 is 5.32 Å². The molecule has 0 spiro atoms. The third-order valence-corrected chi connectivity index (χ3v) is 3.47. The first-order valence-electron chi connectivity index (χ1n) is 7.47. The van der Waals surface area contributed by atoms with E-state index in [1.807, 2.05) is 13.1 Å². The number of nitrogens with zero attached hydrogens (tertiary/aromatic N) is 5. The van der Waals surface area contributed by atoms with Crippen LogP contribution in [0.1, 0.15) is 25.1 Å². The molecule has 2 aromatic rings. The van der Waals surface area contributed by atoms with Gasteiger partial charge in [0.1, 0.15) is 18.2 Å². The molecular formula is C14H20N6O3. The summed E-state index contributed by atoms with van der Waals surface area (Å²) in [4.78, 5) is 25.9. The molecule has 0 saturated heterocycles. The van der Waals surface area contributed by atoms with Crippen LogP contribution in [0, 0.1) is 17.0 Å². The van der Waals surface area contributed by atoms with Gasteiger partial charge in [-0.15, -0.1) is 0 Å². The van der Waals surface area contributed by atoms with Crippen LogP contribution in [0.25, 0.3) is 0 Å². The van der Waals surface area contributed by atoms with E-state index >= 15 is 0 Å². The molecule has 9 nitrogen and oxygen atoms in total. The van der Waals surface area contributed by atoms with Crippen molar-refractivity contribution in [3.8, 4) is 0 Å². The molecule has 2 heterocycles. The highest BCUT2D eigenvalue weighted by Gasteiger charge is 2.09. The standard InChI is InChI=1S/C14H20N6O3/c1-12-15-6-9-18(12)7-3-2-5-16-14(21)4-8-19-11-13(10-17-19)20(22)23/h6,9-11H,2-5,7-8H2,1H3,(H,16,21). The van der Waals surface area contributed by atoms with Gasteiger partial charge in [0.15, 0.2) is 0 Å². The first-order valence-corrected chi connectivity index (χ1v) is 7.47. The van der Waals surface area contributed by atoms with E-state index in [0.717, 1.165) is 25.2 Å². The topological polar surface area (TPSA) is 108 Å². The molecule has 0 aromatic carbocycles. The molecule has 0 aliphatic heterocycles. The Morgan fingerprint density at radius 2 is 2.22 bits per heavy atom. The highest BCUT2D eigenvalue weighted by Crippen LogP contribution is 2.07. The van der Waals surface area contributed by atoms with Crippen LogP contribution in [-0.4, -0.2) is 36.7 Å². The lowest BCUT2D eigenvalue weighted by Gasteiger charge is -2.07. The second-order valence-corrected chi connectivity index (χ2v) is 5.19. The number of amides is 1. The summed E-state index contributed by atoms with van der Waals surface area (Å²) < 4.78 is 3.48. The Kier molecular flexibility index (Phi) is 5.84. The molecule has 0 fully saturated rings. The fourth-order valence-corrected chi connectivity index (χ4v) is 2.15. The quantitative estimate of drug-likeness (QED) is 0.425. The largest absolute Gasteiger partial charge is 0.356 e. The maximum atomic E-state index is 11.7. The van der Waals surface area contributed by atoms with E-state index in [1.54, 1.807) is 6.20 Å². The van der Waals surface area contributed by atoms with Gasteiger partial charge in [0.25, 0.3) is 0 Å². The van der Waals surface area contributed by atoms with Gasteiger partial charge < -0.3 is 9.88 Å². The average molecular weight is 320 g/mol. The zero-order valence-electron chi connectivity index (χ0n) is 13.0. The average Bonchev–Trinajstić information content (AvgIpc) is 3.14. The molecule has 0 aliphatic rings. The predicted molar refractivity (Wildman–Crippen MR) is 82.7 cm³/mol. The van der Waals surface area contributed by atoms with E-state index in [4.69, 9.17) is 0 Å². The molecule has 1 amide bonds. The minimum Gasteiger partial charge on any atom is -0.356 e. The summed E-state index contributed by atoms with van der Waals surface area (Å²) in [5, 5.41) is 17.2. The van der Waals surface area contributed by atoms with Crippen molar-refractivity contribution >= 4 is 11.6 Å². The number of nitro groups is 1. The van der Waals surface area contributed by atoms with Crippen molar-refractivity contribution in [3.05, 3.63) is 40.7 Å². The van der Waals surface area contributed by atoms with Gasteiger partial charge in [-0.1, -0.05) is 0 Å². The van der Waals surface area contributed by atoms with Gasteiger partial charge in [-0.2, -0.15) is 5.10 Å². The second-order valence-electron chi connectivity index (χ2n) is 5.19. The third-order valence-electron chi connectivity index (χ3n) is 3.47. The molecule has 0 bridgehead atoms. The van der Waals surface area contributed by atoms with Gasteiger partial charge >= 0.3 is 5.69 Å². The number of aryl methyl sites for hydroxylation is 3. The first-order chi connectivity index (χ1) is 11.1. The number of imidazole rings is 1. The van der Waals surface area contributed by atoms with Crippen molar-refractivity contribution in [1.29, 1.82) is 0 Å². The number of hydrogen-bond acceptors (Lipinski definition) is 5. The summed E-state index contributed by atoms with van der Waals surface area (Å²) in [5.74, 6) is 0.907. The van der Waals surface area contributed by atoms with Gasteiger partial charge in [0, 0.05) is 38.4 Å². The normalized spacial score (nSPS) is 10.7. The molecule has 2 aromatic heterocycles. The molecule has 2 rings (SSSR count). The maximum absolute atomic E-state index is 11.7. The van der Waals surface area contributed by atoms with Gasteiger partial charge in [0.05, 0.1) is 4.92 Å². The van der Waals surface area contributed by atoms with E-state index in [0.29, 0.717) is 13.1 Å². The Labute approximate surface area is 133 Å². The fourth-order valence-electron chi connectivity index (χ4n) is 2.15. The summed E-state index contributed by atoms with van der Waals surface area (Å²) in [6, 6.07) is 0. The monoisotopic (exact) mass is 320 g/mol. The Hall–Kier alpha value is -2.71. The summed E-state index contributed by atoms with van der Waals surface area (Å²) in [7, 11) is 0. The molecule has 23 heavy (non-hydrogen) atoms. The van der Waals surface area contributed by atoms with Crippen molar-refractivity contribution in [1.82, 2.24) is 24.6 Å². The second kappa shape index (κ2) is 8.06. The lowest BCUT2D eigenvalue weighted by atomic mass is 10.3. The maximum Gasteiger partial charge on any atom is 0.306 e. The number of unbranched alkanes of at least 4 members (excludes halogenated alkanes) is 1. The van der Waals surface area contributed by atoms with Gasteiger partial charge in [-0.05, 0) is 19.8 Å². The zero-order valence-corrected chi connectivity index (χ0v) is 13.0. The zero-order chi connectivity index (χ0) is 16.7. The van der Waals surface area contributed by atoms with Crippen molar-refractivity contribution < 1.29 is 9.72 Å². The first kappa shape index (κ1) is 16.7. The lowest BCUT2D eigenvalue weighted by Crippen LogP contribution is -2.25. The van der Waals surface area contributed by atoms with Crippen molar-refractivity contribution in [2.45, 2.75) is 39.3 Å². The van der Waals surface area contributed by atoms with E-state index in [1.165, 1.54) is 17.1 Å². The lowest BCUT2D eigenvalue weighted by molar-refractivity contribution is -0.385. The summed E-state index contributed by atoms with van der Waals surface area (Å²) in [5.41, 5.74) is -0.0693. The van der Waals surface area contributed by atoms with Crippen molar-refractivity contribution in [2.75, 3.05) is 6.54 Å². The number of aromatic nitrogens is 4. The van der Waals surface area contributed by atoms with E-state index in [-0.39, 0.29) is 18.0 Å². The third kappa shape index (κ3) is 5.20. The highest BCUT2D eigenvalue weighted by atomic mass is 16.6. The number of hydrogen-bond donors (Lipinski definition) is 1. The van der Waals surface area contributed by atoms with E-state index in [9.17, 15) is 14.9 Å². The predicted octanol–water partition coefficient (Wildman–Crippen LogP) is 1.28. The smallest absolute Gasteiger partial charge is 0.306 e. The van der Waals surface area contributed by atoms with Gasteiger partial charge in [-0.3, -0.25) is 19.6 Å². The fraction of sp³-hybridized carbons (Fsp3) is 0.500. The van der Waals surface area contributed by atoms with Gasteiger partial charge in [0.2, 0.25) is 5.91 Å². The van der Waals surface area contributed by atoms with Crippen LogP contribution in [0.2, 0.25) is 0 Å². The summed E-state index contributed by atoms with van der Waals surface area (Å²) in [6.45, 7) is 3.79. The van der Waals surface area contributed by atoms with Crippen LogP contribution in [-0.2, 0) is 17.9 Å². The minimum absolute atomic E-state index is 0.0693. The number of nitrogens with one attached hydrogen (secondary N) is 1. The van der Waals surface area contributed by atoms with Crippen LogP contribution in [0.4, 0.5) is 5.69 Å². The number of rotatable bonds is 9. The molecule has 0 unspecified atom stereocenters. The molecule has 0 radical (unpaired) electrons. The number of carbonyl (C=O) groups excluding carboxylic acids is 1. The van der Waals surface area contributed by atoms with Crippen LogP contribution in [0.15, 0.2) is 24.8 Å². The van der Waals surface area contributed by atoms with Crippen LogP contribution in [0.5, 0.6) is 0 Å². The highest BCUT2D eigenvalue weighted by molar-refractivity contribution is 5.75. The van der Waals surface area contributed by atoms with Crippen molar-refractivity contribution in [3.63, 3.8) is 0 Å². The minimum atomic E-state index is -0.508. The summed E-state index contributed by atoms with van der Waals surface area (Å²) >= 11 is 0. The molecule has 0 atom stereocenters. The molecule has 124 valence electrons. The number of carbonyl (C=O) groups is 1. The van der Waals surface area contributed by atoms with Crippen LogP contribution in [0.3, 0.4) is 0 Å². The van der Waals surface area contributed by atoms with Crippen LogP contribution >= 0.6 is 0 Å². The Balaban J connectivity index is 1.58. The van der Waals surface area contributed by atoms with E-state index < -0.39 is 4.92 Å². The Bertz CT molecular complexity index is 663. The molecule has 0 aliphatic carbocycles. The Morgan fingerprint density at radius 3 is 2.87 bits per heavy atom. The van der Waals surface area contributed by atoms with Gasteiger partial charge in [-0.25, -0.2) is 4.98 Å². The Morgan fingerprint density at radius 1 is 1.39 bits per heavy atom. The molecule has 1 N–H and O–H groups in total.